The third-order valence-corrected chi connectivity index (χ3v) is 6.72. The van der Waals surface area contributed by atoms with Gasteiger partial charge in [0.2, 0.25) is 5.91 Å². The Bertz CT molecular complexity index is 1480. The molecule has 0 unspecified atom stereocenters. The van der Waals surface area contributed by atoms with Gasteiger partial charge in [0, 0.05) is 53.0 Å². The number of fused-ring (bicyclic) bond motifs is 1. The number of hydrogen-bond acceptors (Lipinski definition) is 5. The Labute approximate surface area is 214 Å². The van der Waals surface area contributed by atoms with Gasteiger partial charge in [0.1, 0.15) is 5.69 Å². The topological polar surface area (TPSA) is 139 Å². The van der Waals surface area contributed by atoms with E-state index in [9.17, 15) is 9.59 Å². The maximum absolute atomic E-state index is 13.5. The zero-order chi connectivity index (χ0) is 25.9. The van der Waals surface area contributed by atoms with Crippen LogP contribution in [0.1, 0.15) is 44.8 Å². The molecular weight excluding hydrogens is 468 g/mol. The van der Waals surface area contributed by atoms with Gasteiger partial charge in [-0.1, -0.05) is 29.4 Å². The van der Waals surface area contributed by atoms with E-state index in [1.165, 1.54) is 12.8 Å². The molecule has 188 valence electrons. The standard InChI is InChI=1S/C28H28N6O3/c29-26(32-37)21-8-7-20-15-25(28(36)31-22-9-11-23(12-10-22)33-13-1-2-14-33)34(24(20)16-21)17-18-3-5-19(6-4-18)27(30)35/h3-12,15-16,37H,1-2,13-14,17H2,(H2,29,32)(H2,30,35)(H,31,36). The lowest BCUT2D eigenvalue weighted by atomic mass is 10.1. The van der Waals surface area contributed by atoms with Crippen molar-refractivity contribution in [3.63, 3.8) is 0 Å². The van der Waals surface area contributed by atoms with Crippen LogP contribution in [-0.4, -0.2) is 40.5 Å². The molecule has 6 N–H and O–H groups in total. The summed E-state index contributed by atoms with van der Waals surface area (Å²) in [5.74, 6) is -0.786. The molecule has 37 heavy (non-hydrogen) atoms. The summed E-state index contributed by atoms with van der Waals surface area (Å²) >= 11 is 0. The van der Waals surface area contributed by atoms with Crippen LogP contribution in [0.5, 0.6) is 0 Å². The van der Waals surface area contributed by atoms with Crippen LogP contribution < -0.4 is 21.7 Å². The molecule has 2 amide bonds. The average molecular weight is 497 g/mol. The number of anilines is 2. The maximum atomic E-state index is 13.5. The molecule has 1 aromatic heterocycles. The zero-order valence-corrected chi connectivity index (χ0v) is 20.2. The van der Waals surface area contributed by atoms with E-state index in [0.717, 1.165) is 35.2 Å². The highest BCUT2D eigenvalue weighted by Crippen LogP contribution is 2.26. The Balaban J connectivity index is 1.48. The number of nitrogens with two attached hydrogens (primary N) is 2. The molecule has 9 heteroatoms. The van der Waals surface area contributed by atoms with Crippen LogP contribution in [0, 0.1) is 0 Å². The van der Waals surface area contributed by atoms with Crippen molar-refractivity contribution in [3.8, 4) is 0 Å². The predicted octanol–water partition coefficient (Wildman–Crippen LogP) is 3.74. The summed E-state index contributed by atoms with van der Waals surface area (Å²) in [4.78, 5) is 27.3. The van der Waals surface area contributed by atoms with Crippen LogP contribution in [0.3, 0.4) is 0 Å². The monoisotopic (exact) mass is 496 g/mol. The van der Waals surface area contributed by atoms with Gasteiger partial charge in [-0.2, -0.15) is 0 Å². The molecule has 4 aromatic rings. The number of aromatic nitrogens is 1. The van der Waals surface area contributed by atoms with Crippen LogP contribution in [0.15, 0.2) is 78.0 Å². The Morgan fingerprint density at radius 1 is 0.892 bits per heavy atom. The number of nitrogens with zero attached hydrogens (tertiary/aromatic N) is 3. The molecule has 1 saturated heterocycles. The summed E-state index contributed by atoms with van der Waals surface area (Å²) in [6, 6.07) is 22.0. The van der Waals surface area contributed by atoms with Crippen molar-refractivity contribution in [1.29, 1.82) is 0 Å². The number of hydrogen-bond donors (Lipinski definition) is 4. The fraction of sp³-hybridized carbons (Fsp3) is 0.179. The number of nitrogens with one attached hydrogen (secondary N) is 1. The van der Waals surface area contributed by atoms with E-state index < -0.39 is 5.91 Å². The van der Waals surface area contributed by atoms with Crippen molar-refractivity contribution in [2.75, 3.05) is 23.3 Å². The Kier molecular flexibility index (Phi) is 6.51. The van der Waals surface area contributed by atoms with Gasteiger partial charge in [0.05, 0.1) is 0 Å². The van der Waals surface area contributed by atoms with E-state index in [4.69, 9.17) is 16.7 Å². The molecule has 0 radical (unpaired) electrons. The molecule has 1 aliphatic rings. The number of benzene rings is 3. The van der Waals surface area contributed by atoms with E-state index >= 15 is 0 Å². The first-order chi connectivity index (χ1) is 17.9. The number of carbonyl (C=O) groups is 2. The highest BCUT2D eigenvalue weighted by Gasteiger charge is 2.18. The number of amides is 2. The summed E-state index contributed by atoms with van der Waals surface area (Å²) in [6.45, 7) is 2.47. The summed E-state index contributed by atoms with van der Waals surface area (Å²) in [5, 5.41) is 16.1. The summed E-state index contributed by atoms with van der Waals surface area (Å²) < 4.78 is 1.87. The largest absolute Gasteiger partial charge is 0.409 e. The van der Waals surface area contributed by atoms with Crippen LogP contribution >= 0.6 is 0 Å². The molecule has 0 aliphatic carbocycles. The van der Waals surface area contributed by atoms with E-state index in [2.05, 4.69) is 15.4 Å². The van der Waals surface area contributed by atoms with Crippen molar-refractivity contribution in [1.82, 2.24) is 4.57 Å². The minimum absolute atomic E-state index is 0.0236. The lowest BCUT2D eigenvalue weighted by Crippen LogP contribution is -2.19. The summed E-state index contributed by atoms with van der Waals surface area (Å²) in [6.07, 6.45) is 2.40. The molecule has 0 atom stereocenters. The Morgan fingerprint density at radius 3 is 2.22 bits per heavy atom. The molecule has 5 rings (SSSR count). The lowest BCUT2D eigenvalue weighted by molar-refractivity contribution is 0.0997. The van der Waals surface area contributed by atoms with Gasteiger partial charge in [0.15, 0.2) is 5.84 Å². The highest BCUT2D eigenvalue weighted by molar-refractivity contribution is 6.07. The smallest absolute Gasteiger partial charge is 0.272 e. The number of carbonyl (C=O) groups excluding carboxylic acids is 2. The van der Waals surface area contributed by atoms with Crippen molar-refractivity contribution in [3.05, 3.63) is 95.2 Å². The summed E-state index contributed by atoms with van der Waals surface area (Å²) in [5.41, 5.74) is 16.1. The molecule has 0 bridgehead atoms. The van der Waals surface area contributed by atoms with Crippen molar-refractivity contribution in [2.45, 2.75) is 19.4 Å². The van der Waals surface area contributed by atoms with Crippen LogP contribution in [0.25, 0.3) is 10.9 Å². The van der Waals surface area contributed by atoms with E-state index in [1.807, 2.05) is 41.0 Å². The first-order valence-electron chi connectivity index (χ1n) is 12.1. The van der Waals surface area contributed by atoms with Crippen molar-refractivity contribution in [2.24, 2.45) is 16.6 Å². The highest BCUT2D eigenvalue weighted by atomic mass is 16.4. The maximum Gasteiger partial charge on any atom is 0.272 e. The van der Waals surface area contributed by atoms with Gasteiger partial charge >= 0.3 is 0 Å². The third kappa shape index (κ3) is 4.97. The predicted molar refractivity (Wildman–Crippen MR) is 144 cm³/mol. The normalized spacial score (nSPS) is 13.7. The van der Waals surface area contributed by atoms with Crippen molar-refractivity contribution >= 4 is 39.9 Å². The molecule has 2 heterocycles. The van der Waals surface area contributed by atoms with Gasteiger partial charge in [-0.15, -0.1) is 0 Å². The van der Waals surface area contributed by atoms with E-state index in [-0.39, 0.29) is 11.7 Å². The second-order valence-electron chi connectivity index (χ2n) is 9.13. The summed E-state index contributed by atoms with van der Waals surface area (Å²) in [7, 11) is 0. The van der Waals surface area contributed by atoms with Gasteiger partial charge in [-0.3, -0.25) is 9.59 Å². The SMILES string of the molecule is NC(=O)c1ccc(Cn2c(C(=O)Nc3ccc(N4CCCC4)cc3)cc3ccc(/C(N)=N/O)cc32)cc1. The fourth-order valence-electron chi connectivity index (χ4n) is 4.71. The zero-order valence-electron chi connectivity index (χ0n) is 20.2. The number of rotatable bonds is 7. The second-order valence-corrected chi connectivity index (χ2v) is 9.13. The minimum Gasteiger partial charge on any atom is -0.409 e. The first kappa shape index (κ1) is 23.9. The third-order valence-electron chi connectivity index (χ3n) is 6.72. The molecule has 9 nitrogen and oxygen atoms in total. The average Bonchev–Trinajstić information content (AvgIpc) is 3.57. The number of amidine groups is 1. The van der Waals surface area contributed by atoms with Gasteiger partial charge < -0.3 is 31.5 Å². The van der Waals surface area contributed by atoms with Crippen LogP contribution in [-0.2, 0) is 6.54 Å². The molecule has 0 saturated carbocycles. The first-order valence-corrected chi connectivity index (χ1v) is 12.1. The van der Waals surface area contributed by atoms with Crippen LogP contribution in [0.4, 0.5) is 11.4 Å². The number of primary amides is 1. The molecule has 3 aromatic carbocycles. The molecule has 0 spiro atoms. The van der Waals surface area contributed by atoms with E-state index in [1.54, 1.807) is 36.4 Å². The fourth-order valence-corrected chi connectivity index (χ4v) is 4.71. The van der Waals surface area contributed by atoms with Gasteiger partial charge in [0.25, 0.3) is 5.91 Å². The Morgan fingerprint density at radius 2 is 1.57 bits per heavy atom. The van der Waals surface area contributed by atoms with Gasteiger partial charge in [-0.25, -0.2) is 0 Å². The van der Waals surface area contributed by atoms with Crippen LogP contribution in [0.2, 0.25) is 0 Å². The van der Waals surface area contributed by atoms with E-state index in [0.29, 0.717) is 29.1 Å². The lowest BCUT2D eigenvalue weighted by Gasteiger charge is -2.18. The second kappa shape index (κ2) is 10.1. The number of oxime groups is 1. The van der Waals surface area contributed by atoms with Crippen molar-refractivity contribution < 1.29 is 14.8 Å². The van der Waals surface area contributed by atoms with Gasteiger partial charge in [-0.05, 0) is 66.9 Å². The minimum atomic E-state index is -0.503. The quantitative estimate of drug-likeness (QED) is 0.134. The molecular formula is C28H28N6O3. The molecule has 1 fully saturated rings. The Hall–Kier alpha value is -4.79. The molecule has 1 aliphatic heterocycles.